The molecule has 0 fully saturated rings. The maximum Gasteiger partial charge on any atom is 0.127 e. The Labute approximate surface area is 173 Å². The second-order valence-electron chi connectivity index (χ2n) is 7.25. The third-order valence-corrected chi connectivity index (χ3v) is 5.49. The lowest BCUT2D eigenvalue weighted by atomic mass is 10.0. The van der Waals surface area contributed by atoms with Crippen molar-refractivity contribution in [2.75, 3.05) is 19.6 Å². The molecule has 1 heterocycles. The predicted octanol–water partition coefficient (Wildman–Crippen LogP) is 6.44. The van der Waals surface area contributed by atoms with E-state index in [-0.39, 0.29) is 0 Å². The number of fused-ring (bicyclic) bond motifs is 1. The van der Waals surface area contributed by atoms with Gasteiger partial charge in [-0.15, -0.1) is 0 Å². The summed E-state index contributed by atoms with van der Waals surface area (Å²) in [7, 11) is 0. The van der Waals surface area contributed by atoms with Crippen LogP contribution in [-0.4, -0.2) is 29.1 Å². The van der Waals surface area contributed by atoms with Crippen LogP contribution >= 0.6 is 0 Å². The highest BCUT2D eigenvalue weighted by atomic mass is 16.5. The Balaban J connectivity index is 1.49. The van der Waals surface area contributed by atoms with E-state index in [9.17, 15) is 0 Å². The molecule has 3 heteroatoms. The summed E-state index contributed by atoms with van der Waals surface area (Å²) in [6.45, 7) is 8.75. The minimum absolute atomic E-state index is 0.851. The van der Waals surface area contributed by atoms with Gasteiger partial charge in [0.2, 0.25) is 0 Å². The number of likely N-dealkylation sites (N-methyl/N-ethyl adjacent to an activating group) is 1. The van der Waals surface area contributed by atoms with Crippen LogP contribution < -0.4 is 4.74 Å². The minimum atomic E-state index is 0.851. The van der Waals surface area contributed by atoms with E-state index >= 15 is 0 Å². The molecule has 4 aromatic rings. The van der Waals surface area contributed by atoms with Crippen molar-refractivity contribution in [3.8, 4) is 22.6 Å². The molecule has 0 aliphatic rings. The molecule has 29 heavy (non-hydrogen) atoms. The van der Waals surface area contributed by atoms with Gasteiger partial charge in [0.15, 0.2) is 0 Å². The van der Waals surface area contributed by atoms with Crippen molar-refractivity contribution in [1.82, 2.24) is 9.47 Å². The van der Waals surface area contributed by atoms with Crippen LogP contribution in [0.15, 0.2) is 85.1 Å². The summed E-state index contributed by atoms with van der Waals surface area (Å²) >= 11 is 0. The van der Waals surface area contributed by atoms with Gasteiger partial charge in [-0.3, -0.25) is 0 Å². The Bertz CT molecular complexity index is 1050. The minimum Gasteiger partial charge on any atom is -0.457 e. The summed E-state index contributed by atoms with van der Waals surface area (Å²) in [6.07, 6.45) is 2.20. The van der Waals surface area contributed by atoms with Crippen LogP contribution in [0.2, 0.25) is 0 Å². The first kappa shape index (κ1) is 19.3. The molecule has 0 atom stereocenters. The second kappa shape index (κ2) is 8.97. The Kier molecular flexibility index (Phi) is 5.97. The lowest BCUT2D eigenvalue weighted by Crippen LogP contribution is -2.26. The van der Waals surface area contributed by atoms with E-state index in [2.05, 4.69) is 65.9 Å². The predicted molar refractivity (Wildman–Crippen MR) is 122 cm³/mol. The van der Waals surface area contributed by atoms with Crippen LogP contribution in [-0.2, 0) is 6.54 Å². The van der Waals surface area contributed by atoms with Gasteiger partial charge in [0.25, 0.3) is 0 Å². The van der Waals surface area contributed by atoms with Gasteiger partial charge >= 0.3 is 0 Å². The zero-order chi connectivity index (χ0) is 20.1. The maximum atomic E-state index is 5.90. The SMILES string of the molecule is CCN(CC)CCn1ccc2cc(-c3ccc(Oc4ccccc4)cc3)ccc21. The number of ether oxygens (including phenoxy) is 1. The standard InChI is InChI=1S/C26H28N2O/c1-3-27(4-2)18-19-28-17-16-23-20-22(12-15-26(23)28)21-10-13-25(14-11-21)29-24-8-6-5-7-9-24/h5-17,20H,3-4,18-19H2,1-2H3. The largest absolute Gasteiger partial charge is 0.457 e. The lowest BCUT2D eigenvalue weighted by molar-refractivity contribution is 0.292. The van der Waals surface area contributed by atoms with Crippen LogP contribution in [0.25, 0.3) is 22.0 Å². The molecule has 0 saturated carbocycles. The molecule has 0 aliphatic carbocycles. The summed E-state index contributed by atoms with van der Waals surface area (Å²) in [5, 5.41) is 1.28. The van der Waals surface area contributed by atoms with E-state index < -0.39 is 0 Å². The number of benzene rings is 3. The molecule has 0 N–H and O–H groups in total. The van der Waals surface area contributed by atoms with Crippen LogP contribution in [0.4, 0.5) is 0 Å². The molecule has 3 nitrogen and oxygen atoms in total. The fourth-order valence-corrected chi connectivity index (χ4v) is 3.70. The molecule has 0 spiro atoms. The highest BCUT2D eigenvalue weighted by Crippen LogP contribution is 2.28. The van der Waals surface area contributed by atoms with Crippen LogP contribution in [0, 0.1) is 0 Å². The topological polar surface area (TPSA) is 17.4 Å². The van der Waals surface area contributed by atoms with Crippen molar-refractivity contribution in [2.45, 2.75) is 20.4 Å². The number of hydrogen-bond donors (Lipinski definition) is 0. The van der Waals surface area contributed by atoms with Crippen molar-refractivity contribution in [2.24, 2.45) is 0 Å². The molecule has 0 bridgehead atoms. The van der Waals surface area contributed by atoms with E-state index in [1.807, 2.05) is 42.5 Å². The van der Waals surface area contributed by atoms with Crippen molar-refractivity contribution < 1.29 is 4.74 Å². The van der Waals surface area contributed by atoms with Crippen LogP contribution in [0.1, 0.15) is 13.8 Å². The Morgan fingerprint density at radius 3 is 2.17 bits per heavy atom. The summed E-state index contributed by atoms with van der Waals surface area (Å²) in [4.78, 5) is 2.46. The highest BCUT2D eigenvalue weighted by Gasteiger charge is 2.06. The molecule has 148 valence electrons. The Morgan fingerprint density at radius 1 is 0.759 bits per heavy atom. The first-order valence-electron chi connectivity index (χ1n) is 10.4. The third kappa shape index (κ3) is 4.52. The van der Waals surface area contributed by atoms with Crippen molar-refractivity contribution in [1.29, 1.82) is 0 Å². The summed E-state index contributed by atoms with van der Waals surface area (Å²) in [5.74, 6) is 1.70. The average molecular weight is 385 g/mol. The molecule has 0 unspecified atom stereocenters. The van der Waals surface area contributed by atoms with Gasteiger partial charge in [0.05, 0.1) is 0 Å². The normalized spacial score (nSPS) is 11.3. The molecule has 3 aromatic carbocycles. The fraction of sp³-hybridized carbons (Fsp3) is 0.231. The molecule has 0 aliphatic heterocycles. The highest BCUT2D eigenvalue weighted by molar-refractivity contribution is 5.85. The second-order valence-corrected chi connectivity index (χ2v) is 7.25. The Morgan fingerprint density at radius 2 is 1.45 bits per heavy atom. The van der Waals surface area contributed by atoms with Crippen LogP contribution in [0.5, 0.6) is 11.5 Å². The van der Waals surface area contributed by atoms with E-state index in [0.717, 1.165) is 37.7 Å². The van der Waals surface area contributed by atoms with E-state index in [1.54, 1.807) is 0 Å². The first-order valence-corrected chi connectivity index (χ1v) is 10.4. The molecular weight excluding hydrogens is 356 g/mol. The lowest BCUT2D eigenvalue weighted by Gasteiger charge is -2.18. The van der Waals surface area contributed by atoms with Gasteiger partial charge < -0.3 is 14.2 Å². The zero-order valence-corrected chi connectivity index (χ0v) is 17.2. The average Bonchev–Trinajstić information content (AvgIpc) is 3.18. The van der Waals surface area contributed by atoms with Crippen molar-refractivity contribution >= 4 is 10.9 Å². The summed E-state index contributed by atoms with van der Waals surface area (Å²) < 4.78 is 8.26. The van der Waals surface area contributed by atoms with E-state index in [1.165, 1.54) is 22.0 Å². The van der Waals surface area contributed by atoms with Crippen molar-refractivity contribution in [3.63, 3.8) is 0 Å². The molecule has 0 saturated heterocycles. The number of para-hydroxylation sites is 1. The van der Waals surface area contributed by atoms with Crippen LogP contribution in [0.3, 0.4) is 0 Å². The van der Waals surface area contributed by atoms with Gasteiger partial charge in [-0.1, -0.05) is 50.2 Å². The molecular formula is C26H28N2O. The van der Waals surface area contributed by atoms with Gasteiger partial charge in [0, 0.05) is 30.2 Å². The first-order chi connectivity index (χ1) is 14.3. The monoisotopic (exact) mass is 384 g/mol. The van der Waals surface area contributed by atoms with Crippen molar-refractivity contribution in [3.05, 3.63) is 85.1 Å². The fourth-order valence-electron chi connectivity index (χ4n) is 3.70. The molecule has 4 rings (SSSR count). The van der Waals surface area contributed by atoms with Gasteiger partial charge in [-0.05, 0) is 66.7 Å². The summed E-state index contributed by atoms with van der Waals surface area (Å²) in [5.41, 5.74) is 3.72. The number of nitrogens with zero attached hydrogens (tertiary/aromatic N) is 2. The van der Waals surface area contributed by atoms with Gasteiger partial charge in [0.1, 0.15) is 11.5 Å². The number of rotatable bonds is 8. The Hall–Kier alpha value is -3.04. The molecule has 1 aromatic heterocycles. The third-order valence-electron chi connectivity index (χ3n) is 5.49. The molecule has 0 radical (unpaired) electrons. The maximum absolute atomic E-state index is 5.90. The smallest absolute Gasteiger partial charge is 0.127 e. The number of aromatic nitrogens is 1. The van der Waals surface area contributed by atoms with Gasteiger partial charge in [-0.25, -0.2) is 0 Å². The quantitative estimate of drug-likeness (QED) is 0.348. The number of hydrogen-bond acceptors (Lipinski definition) is 2. The van der Waals surface area contributed by atoms with E-state index in [0.29, 0.717) is 0 Å². The molecule has 0 amide bonds. The van der Waals surface area contributed by atoms with E-state index in [4.69, 9.17) is 4.74 Å². The summed E-state index contributed by atoms with van der Waals surface area (Å²) in [6, 6.07) is 27.1. The zero-order valence-electron chi connectivity index (χ0n) is 17.2. The van der Waals surface area contributed by atoms with Gasteiger partial charge in [-0.2, -0.15) is 0 Å².